The fourth-order valence-corrected chi connectivity index (χ4v) is 3.43. The summed E-state index contributed by atoms with van der Waals surface area (Å²) in [5.74, 6) is -1.59. The molecular formula is C17H22N2O3. The fraction of sp³-hybridized carbons (Fsp3) is 0.529. The van der Waals surface area contributed by atoms with Gasteiger partial charge in [-0.25, -0.2) is 0 Å². The third kappa shape index (κ3) is 2.80. The number of hydrogen-bond donors (Lipinski definition) is 1. The lowest BCUT2D eigenvalue weighted by Crippen LogP contribution is -2.37. The second-order valence-electron chi connectivity index (χ2n) is 6.30. The number of carboxylic acids is 1. The Hall–Kier alpha value is -2.04. The van der Waals surface area contributed by atoms with Gasteiger partial charge < -0.3 is 14.9 Å². The van der Waals surface area contributed by atoms with Crippen LogP contribution in [-0.2, 0) is 9.59 Å². The second kappa shape index (κ2) is 5.99. The highest BCUT2D eigenvalue weighted by molar-refractivity contribution is 5.99. The number of amides is 1. The van der Waals surface area contributed by atoms with Gasteiger partial charge in [-0.1, -0.05) is 0 Å². The number of rotatable bonds is 3. The summed E-state index contributed by atoms with van der Waals surface area (Å²) in [6.07, 6.45) is 3.82. The van der Waals surface area contributed by atoms with Crippen molar-refractivity contribution in [2.24, 2.45) is 5.92 Å². The molecule has 0 unspecified atom stereocenters. The molecule has 2 aliphatic rings. The van der Waals surface area contributed by atoms with Crippen LogP contribution in [0.2, 0.25) is 0 Å². The molecule has 0 aromatic heterocycles. The van der Waals surface area contributed by atoms with Crippen molar-refractivity contribution in [2.45, 2.75) is 38.6 Å². The minimum atomic E-state index is -0.894. The van der Waals surface area contributed by atoms with Crippen molar-refractivity contribution in [1.29, 1.82) is 0 Å². The molecule has 2 aliphatic heterocycles. The van der Waals surface area contributed by atoms with Crippen LogP contribution in [0.5, 0.6) is 0 Å². The van der Waals surface area contributed by atoms with Crippen LogP contribution in [0.4, 0.5) is 11.4 Å². The van der Waals surface area contributed by atoms with E-state index in [1.165, 1.54) is 24.9 Å². The van der Waals surface area contributed by atoms with E-state index in [9.17, 15) is 9.59 Å². The number of carboxylic acid groups (broad SMARTS) is 1. The summed E-state index contributed by atoms with van der Waals surface area (Å²) >= 11 is 0. The summed E-state index contributed by atoms with van der Waals surface area (Å²) in [6.45, 7) is 3.59. The molecule has 22 heavy (non-hydrogen) atoms. The number of benzene rings is 1. The Morgan fingerprint density at radius 2 is 1.86 bits per heavy atom. The van der Waals surface area contributed by atoms with Crippen molar-refractivity contribution in [1.82, 2.24) is 0 Å². The highest BCUT2D eigenvalue weighted by Crippen LogP contribution is 2.29. The molecule has 2 fully saturated rings. The number of nitrogens with zero attached hydrogens (tertiary/aromatic N) is 2. The maximum absolute atomic E-state index is 12.0. The van der Waals surface area contributed by atoms with Crippen molar-refractivity contribution >= 4 is 23.3 Å². The number of anilines is 2. The summed E-state index contributed by atoms with van der Waals surface area (Å²) in [5.41, 5.74) is 1.97. The van der Waals surface area contributed by atoms with E-state index in [4.69, 9.17) is 5.11 Å². The van der Waals surface area contributed by atoms with E-state index in [2.05, 4.69) is 11.8 Å². The van der Waals surface area contributed by atoms with Crippen molar-refractivity contribution in [2.75, 3.05) is 22.9 Å². The van der Waals surface area contributed by atoms with Crippen molar-refractivity contribution in [3.8, 4) is 0 Å². The first-order valence-corrected chi connectivity index (χ1v) is 7.96. The van der Waals surface area contributed by atoms with E-state index in [0.29, 0.717) is 6.04 Å². The van der Waals surface area contributed by atoms with Gasteiger partial charge in [0, 0.05) is 36.9 Å². The molecule has 1 N–H and O–H groups in total. The van der Waals surface area contributed by atoms with Crippen LogP contribution in [0, 0.1) is 5.92 Å². The molecule has 1 aromatic rings. The second-order valence-corrected chi connectivity index (χ2v) is 6.30. The van der Waals surface area contributed by atoms with Gasteiger partial charge in [-0.3, -0.25) is 9.59 Å². The molecule has 5 heteroatoms. The summed E-state index contributed by atoms with van der Waals surface area (Å²) < 4.78 is 0. The molecule has 0 saturated carbocycles. The van der Waals surface area contributed by atoms with E-state index >= 15 is 0 Å². The third-order valence-electron chi connectivity index (χ3n) is 4.77. The lowest BCUT2D eigenvalue weighted by Gasteiger charge is -2.35. The van der Waals surface area contributed by atoms with Gasteiger partial charge in [0.15, 0.2) is 0 Å². The minimum absolute atomic E-state index is 0.0975. The predicted molar refractivity (Wildman–Crippen MR) is 85.2 cm³/mol. The number of carbonyl (C=O) groups is 2. The molecule has 0 bridgehead atoms. The molecule has 0 spiro atoms. The van der Waals surface area contributed by atoms with E-state index < -0.39 is 11.9 Å². The zero-order valence-corrected chi connectivity index (χ0v) is 12.9. The number of piperidine rings is 1. The van der Waals surface area contributed by atoms with E-state index in [0.717, 1.165) is 12.2 Å². The standard InChI is InChI=1S/C17H22N2O3/c1-12-4-2-3-9-18(12)14-5-7-15(8-6-14)19-11-13(17(21)22)10-16(19)20/h5-8,12-13H,2-4,9-11H2,1H3,(H,21,22)/t12-,13+/m0/s1. The monoisotopic (exact) mass is 302 g/mol. The maximum atomic E-state index is 12.0. The molecule has 1 aromatic carbocycles. The van der Waals surface area contributed by atoms with Crippen LogP contribution in [0.25, 0.3) is 0 Å². The SMILES string of the molecule is C[C@H]1CCCCN1c1ccc(N2C[C@H](C(=O)O)CC2=O)cc1. The van der Waals surface area contributed by atoms with Crippen molar-refractivity contribution < 1.29 is 14.7 Å². The Kier molecular flexibility index (Phi) is 4.05. The van der Waals surface area contributed by atoms with E-state index in [1.54, 1.807) is 4.90 Å². The average Bonchev–Trinajstić information content (AvgIpc) is 2.90. The van der Waals surface area contributed by atoms with Crippen LogP contribution in [0.15, 0.2) is 24.3 Å². The summed E-state index contributed by atoms with van der Waals surface area (Å²) in [7, 11) is 0. The van der Waals surface area contributed by atoms with Gasteiger partial charge in [0.1, 0.15) is 0 Å². The molecule has 5 nitrogen and oxygen atoms in total. The van der Waals surface area contributed by atoms with Crippen LogP contribution in [-0.4, -0.2) is 36.1 Å². The van der Waals surface area contributed by atoms with Gasteiger partial charge in [-0.05, 0) is 50.5 Å². The Balaban J connectivity index is 1.74. The lowest BCUT2D eigenvalue weighted by atomic mass is 10.0. The number of hydrogen-bond acceptors (Lipinski definition) is 3. The smallest absolute Gasteiger partial charge is 0.308 e. The average molecular weight is 302 g/mol. The van der Waals surface area contributed by atoms with Crippen LogP contribution < -0.4 is 9.80 Å². The van der Waals surface area contributed by atoms with Crippen molar-refractivity contribution in [3.63, 3.8) is 0 Å². The first kappa shape index (κ1) is 14.9. The van der Waals surface area contributed by atoms with E-state index in [1.807, 2.05) is 24.3 Å². The number of carbonyl (C=O) groups excluding carboxylic acids is 1. The molecule has 118 valence electrons. The largest absolute Gasteiger partial charge is 0.481 e. The van der Waals surface area contributed by atoms with Crippen molar-refractivity contribution in [3.05, 3.63) is 24.3 Å². The highest BCUT2D eigenvalue weighted by atomic mass is 16.4. The van der Waals surface area contributed by atoms with Gasteiger partial charge in [-0.15, -0.1) is 0 Å². The Morgan fingerprint density at radius 3 is 2.45 bits per heavy atom. The topological polar surface area (TPSA) is 60.9 Å². The van der Waals surface area contributed by atoms with Crippen LogP contribution >= 0.6 is 0 Å². The van der Waals surface area contributed by atoms with Crippen LogP contribution in [0.3, 0.4) is 0 Å². The summed E-state index contributed by atoms with van der Waals surface area (Å²) in [6, 6.07) is 8.48. The highest BCUT2D eigenvalue weighted by Gasteiger charge is 2.35. The van der Waals surface area contributed by atoms with Crippen LogP contribution in [0.1, 0.15) is 32.6 Å². The molecule has 1 amide bonds. The summed E-state index contributed by atoms with van der Waals surface area (Å²) in [5, 5.41) is 9.05. The molecule has 2 saturated heterocycles. The van der Waals surface area contributed by atoms with Gasteiger partial charge in [0.2, 0.25) is 5.91 Å². The maximum Gasteiger partial charge on any atom is 0.308 e. The fourth-order valence-electron chi connectivity index (χ4n) is 3.43. The Morgan fingerprint density at radius 1 is 1.18 bits per heavy atom. The first-order valence-electron chi connectivity index (χ1n) is 7.96. The molecular weight excluding hydrogens is 280 g/mol. The summed E-state index contributed by atoms with van der Waals surface area (Å²) in [4.78, 5) is 27.0. The Bertz CT molecular complexity index is 570. The molecule has 2 heterocycles. The predicted octanol–water partition coefficient (Wildman–Crippen LogP) is 2.50. The quantitative estimate of drug-likeness (QED) is 0.932. The first-order chi connectivity index (χ1) is 10.6. The molecule has 0 aliphatic carbocycles. The minimum Gasteiger partial charge on any atom is -0.481 e. The normalized spacial score (nSPS) is 25.6. The molecule has 0 radical (unpaired) electrons. The zero-order valence-electron chi connectivity index (χ0n) is 12.9. The van der Waals surface area contributed by atoms with Gasteiger partial charge >= 0.3 is 5.97 Å². The number of aliphatic carboxylic acids is 1. The molecule has 2 atom stereocenters. The van der Waals surface area contributed by atoms with E-state index in [-0.39, 0.29) is 18.9 Å². The Labute approximate surface area is 130 Å². The zero-order chi connectivity index (χ0) is 15.7. The third-order valence-corrected chi connectivity index (χ3v) is 4.77. The molecule has 3 rings (SSSR count). The van der Waals surface area contributed by atoms with Gasteiger partial charge in [0.05, 0.1) is 5.92 Å². The lowest BCUT2D eigenvalue weighted by molar-refractivity contribution is -0.141. The van der Waals surface area contributed by atoms with Gasteiger partial charge in [-0.2, -0.15) is 0 Å². The van der Waals surface area contributed by atoms with Gasteiger partial charge in [0.25, 0.3) is 0 Å².